The number of rotatable bonds is 6. The number of aromatic nitrogens is 3. The van der Waals surface area contributed by atoms with Gasteiger partial charge in [-0.3, -0.25) is 19.0 Å². The van der Waals surface area contributed by atoms with Crippen molar-refractivity contribution in [2.24, 2.45) is 0 Å². The van der Waals surface area contributed by atoms with Gasteiger partial charge in [0.15, 0.2) is 6.61 Å². The number of nitrogens with one attached hydrogen (secondary N) is 1. The number of hydrogen-bond donors (Lipinski definition) is 1. The molecule has 9 heteroatoms. The van der Waals surface area contributed by atoms with Gasteiger partial charge in [0.05, 0.1) is 22.8 Å². The minimum Gasteiger partial charge on any atom is -0.454 e. The Hall–Kier alpha value is -3.20. The van der Waals surface area contributed by atoms with Crippen molar-refractivity contribution in [1.82, 2.24) is 14.3 Å². The van der Waals surface area contributed by atoms with E-state index in [1.54, 1.807) is 23.9 Å². The summed E-state index contributed by atoms with van der Waals surface area (Å²) < 4.78 is 8.07. The molecule has 0 atom stereocenters. The van der Waals surface area contributed by atoms with E-state index in [1.807, 2.05) is 38.1 Å². The lowest BCUT2D eigenvalue weighted by Gasteiger charge is -2.09. The summed E-state index contributed by atoms with van der Waals surface area (Å²) in [6.45, 7) is 6.73. The molecule has 0 unspecified atom stereocenters. The number of carbonyl (C=O) groups is 2. The van der Waals surface area contributed by atoms with Crippen LogP contribution in [0.3, 0.4) is 0 Å². The summed E-state index contributed by atoms with van der Waals surface area (Å²) >= 11 is 1.01. The van der Waals surface area contributed by atoms with E-state index in [0.717, 1.165) is 28.3 Å². The van der Waals surface area contributed by atoms with Gasteiger partial charge in [0.1, 0.15) is 6.54 Å². The summed E-state index contributed by atoms with van der Waals surface area (Å²) in [5.41, 5.74) is 4.72. The third-order valence-corrected chi connectivity index (χ3v) is 5.34. The second-order valence-electron chi connectivity index (χ2n) is 6.73. The van der Waals surface area contributed by atoms with Crippen LogP contribution in [0.5, 0.6) is 0 Å². The topological polar surface area (TPSA) is 95.2 Å². The Kier molecular flexibility index (Phi) is 5.97. The lowest BCUT2D eigenvalue weighted by Crippen LogP contribution is -2.26. The zero-order valence-electron chi connectivity index (χ0n) is 16.7. The number of ether oxygens (including phenoxy) is 1. The minimum absolute atomic E-state index is 0.217. The molecular formula is C20H22N4O4S. The van der Waals surface area contributed by atoms with Gasteiger partial charge in [0, 0.05) is 11.1 Å². The van der Waals surface area contributed by atoms with Crippen LogP contribution >= 0.6 is 11.3 Å². The minimum atomic E-state index is -0.646. The Morgan fingerprint density at radius 1 is 1.14 bits per heavy atom. The van der Waals surface area contributed by atoms with Crippen molar-refractivity contribution in [1.29, 1.82) is 0 Å². The summed E-state index contributed by atoms with van der Waals surface area (Å²) in [4.78, 5) is 35.6. The first-order valence-electron chi connectivity index (χ1n) is 9.00. The van der Waals surface area contributed by atoms with Gasteiger partial charge in [-0.05, 0) is 39.8 Å². The first kappa shape index (κ1) is 20.5. The van der Waals surface area contributed by atoms with E-state index in [9.17, 15) is 14.4 Å². The molecule has 1 aromatic carbocycles. The monoisotopic (exact) mass is 414 g/mol. The molecule has 2 aromatic heterocycles. The largest absolute Gasteiger partial charge is 0.454 e. The fourth-order valence-corrected chi connectivity index (χ4v) is 3.59. The van der Waals surface area contributed by atoms with Crippen LogP contribution in [0.1, 0.15) is 22.6 Å². The number of thiazole rings is 1. The van der Waals surface area contributed by atoms with Crippen molar-refractivity contribution in [3.05, 3.63) is 62.0 Å². The number of hydrogen-bond acceptors (Lipinski definition) is 6. The number of esters is 1. The fourth-order valence-electron chi connectivity index (χ4n) is 2.85. The molecule has 2 heterocycles. The average molecular weight is 414 g/mol. The fraction of sp³-hybridized carbons (Fsp3) is 0.300. The maximum absolute atomic E-state index is 12.3. The Morgan fingerprint density at radius 3 is 2.45 bits per heavy atom. The lowest BCUT2D eigenvalue weighted by molar-refractivity contribution is -0.147. The Labute approximate surface area is 171 Å². The van der Waals surface area contributed by atoms with Crippen molar-refractivity contribution >= 4 is 28.9 Å². The van der Waals surface area contributed by atoms with E-state index >= 15 is 0 Å². The molecule has 0 aliphatic carbocycles. The Bertz CT molecular complexity index is 1110. The maximum Gasteiger partial charge on any atom is 0.326 e. The summed E-state index contributed by atoms with van der Waals surface area (Å²) in [5.74, 6) is -1.12. The molecule has 1 N–H and O–H groups in total. The summed E-state index contributed by atoms with van der Waals surface area (Å²) in [6, 6.07) is 7.89. The highest BCUT2D eigenvalue weighted by Crippen LogP contribution is 2.23. The molecule has 29 heavy (non-hydrogen) atoms. The number of amides is 1. The molecule has 0 saturated carbocycles. The van der Waals surface area contributed by atoms with Gasteiger partial charge in [-0.1, -0.05) is 29.0 Å². The van der Waals surface area contributed by atoms with Crippen LogP contribution in [0, 0.1) is 27.7 Å². The van der Waals surface area contributed by atoms with E-state index in [2.05, 4.69) is 10.4 Å². The van der Waals surface area contributed by atoms with Gasteiger partial charge in [0.2, 0.25) is 0 Å². The maximum atomic E-state index is 12.3. The van der Waals surface area contributed by atoms with E-state index in [-0.39, 0.29) is 11.4 Å². The molecule has 0 bridgehead atoms. The van der Waals surface area contributed by atoms with E-state index in [0.29, 0.717) is 17.1 Å². The van der Waals surface area contributed by atoms with Crippen molar-refractivity contribution in [3.63, 3.8) is 0 Å². The predicted molar refractivity (Wildman–Crippen MR) is 111 cm³/mol. The molecule has 0 aliphatic rings. The van der Waals surface area contributed by atoms with Crippen LogP contribution < -0.4 is 10.2 Å². The number of nitrogens with zero attached hydrogens (tertiary/aromatic N) is 3. The van der Waals surface area contributed by atoms with Crippen molar-refractivity contribution in [2.75, 3.05) is 11.9 Å². The summed E-state index contributed by atoms with van der Waals surface area (Å²) in [7, 11) is 0. The van der Waals surface area contributed by atoms with Crippen LogP contribution in [0.25, 0.3) is 5.69 Å². The number of benzene rings is 1. The standard InChI is InChI=1S/C20H22N4O4S/c1-12-5-7-16(8-6-12)24-15(4)19(14(3)22-24)21-17(25)10-28-18(26)9-23-13(2)11-29-20(23)27/h5-8,11H,9-10H2,1-4H3,(H,21,25). The normalized spacial score (nSPS) is 10.8. The molecule has 0 spiro atoms. The van der Waals surface area contributed by atoms with Crippen molar-refractivity contribution in [2.45, 2.75) is 34.2 Å². The van der Waals surface area contributed by atoms with Gasteiger partial charge >= 0.3 is 10.8 Å². The van der Waals surface area contributed by atoms with Gasteiger partial charge in [-0.15, -0.1) is 0 Å². The first-order chi connectivity index (χ1) is 13.8. The molecule has 0 radical (unpaired) electrons. The smallest absolute Gasteiger partial charge is 0.326 e. The van der Waals surface area contributed by atoms with Crippen LogP contribution in [0.4, 0.5) is 5.69 Å². The van der Waals surface area contributed by atoms with E-state index in [1.165, 1.54) is 4.57 Å². The molecule has 0 saturated heterocycles. The zero-order valence-corrected chi connectivity index (χ0v) is 17.5. The molecule has 0 fully saturated rings. The second-order valence-corrected chi connectivity index (χ2v) is 7.55. The highest BCUT2D eigenvalue weighted by molar-refractivity contribution is 7.07. The highest BCUT2D eigenvalue weighted by atomic mass is 32.1. The predicted octanol–water partition coefficient (Wildman–Crippen LogP) is 2.51. The SMILES string of the molecule is Cc1ccc(-n2nc(C)c(NC(=O)COC(=O)Cn3c(C)csc3=O)c2C)cc1. The van der Waals surface area contributed by atoms with Crippen molar-refractivity contribution < 1.29 is 14.3 Å². The summed E-state index contributed by atoms with van der Waals surface area (Å²) in [5, 5.41) is 8.90. The quantitative estimate of drug-likeness (QED) is 0.626. The van der Waals surface area contributed by atoms with Crippen LogP contribution in [0.2, 0.25) is 0 Å². The molecule has 8 nitrogen and oxygen atoms in total. The first-order valence-corrected chi connectivity index (χ1v) is 9.88. The molecule has 0 aliphatic heterocycles. The van der Waals surface area contributed by atoms with Crippen LogP contribution in [-0.2, 0) is 20.9 Å². The lowest BCUT2D eigenvalue weighted by atomic mass is 10.2. The third kappa shape index (κ3) is 4.62. The zero-order chi connectivity index (χ0) is 21.1. The highest BCUT2D eigenvalue weighted by Gasteiger charge is 2.17. The average Bonchev–Trinajstić information content (AvgIpc) is 3.14. The number of aryl methyl sites for hydroxylation is 3. The molecular weight excluding hydrogens is 392 g/mol. The Morgan fingerprint density at radius 2 is 1.83 bits per heavy atom. The van der Waals surface area contributed by atoms with E-state index in [4.69, 9.17) is 4.74 Å². The number of anilines is 1. The van der Waals surface area contributed by atoms with Crippen molar-refractivity contribution in [3.8, 4) is 5.69 Å². The van der Waals surface area contributed by atoms with Gasteiger partial charge in [0.25, 0.3) is 5.91 Å². The molecule has 1 amide bonds. The van der Waals surface area contributed by atoms with Gasteiger partial charge < -0.3 is 10.1 Å². The molecule has 152 valence electrons. The van der Waals surface area contributed by atoms with Crippen LogP contribution in [-0.4, -0.2) is 32.8 Å². The van der Waals surface area contributed by atoms with Gasteiger partial charge in [-0.25, -0.2) is 4.68 Å². The number of carbonyl (C=O) groups excluding carboxylic acids is 2. The summed E-state index contributed by atoms with van der Waals surface area (Å²) in [6.07, 6.45) is 0. The Balaban J connectivity index is 1.63. The van der Waals surface area contributed by atoms with Crippen LogP contribution in [0.15, 0.2) is 34.4 Å². The van der Waals surface area contributed by atoms with E-state index < -0.39 is 18.5 Å². The molecule has 3 rings (SSSR count). The molecule has 3 aromatic rings. The third-order valence-electron chi connectivity index (χ3n) is 4.46. The van der Waals surface area contributed by atoms with Gasteiger partial charge in [-0.2, -0.15) is 5.10 Å². The second kappa shape index (κ2) is 8.44.